The maximum atomic E-state index is 2.51. The highest BCUT2D eigenvalue weighted by Crippen LogP contribution is 2.64. The largest absolute Gasteiger partial charge is 0.310 e. The summed E-state index contributed by atoms with van der Waals surface area (Å²) < 4.78 is 2.61. The van der Waals surface area contributed by atoms with Gasteiger partial charge >= 0.3 is 0 Å². The van der Waals surface area contributed by atoms with E-state index in [9.17, 15) is 0 Å². The number of fused-ring (bicyclic) bond motifs is 16. The van der Waals surface area contributed by atoms with E-state index in [-0.39, 0.29) is 0 Å². The van der Waals surface area contributed by atoms with E-state index in [1.54, 1.807) is 0 Å². The van der Waals surface area contributed by atoms with Gasteiger partial charge in [-0.05, 0) is 126 Å². The molecule has 2 heteroatoms. The zero-order chi connectivity index (χ0) is 42.0. The minimum Gasteiger partial charge on any atom is -0.310 e. The highest BCUT2D eigenvalue weighted by atomic mass is 32.1. The third-order valence-corrected chi connectivity index (χ3v) is 15.7. The SMILES string of the molecule is c1ccc(C2(c3ccccc3)c3ccccc3-c3ccc(N(c4ccc5c(c4)-c4ccccc4C54c5ccccc5-c5ccccc54)c4ccc5sc6ccccc6c5c4)cc32)cc1. The molecule has 1 heterocycles. The molecule has 0 radical (unpaired) electrons. The predicted octanol–water partition coefficient (Wildman–Crippen LogP) is 16.2. The lowest BCUT2D eigenvalue weighted by molar-refractivity contribution is 0.768. The molecule has 14 rings (SSSR count). The standard InChI is InChI=1S/C62H39NS/c1-3-17-40(18-4-1)61(41-19-5-2-6-20-41)53-26-12-7-23-47(53)49-34-31-44(39-58(49)61)63(43-33-36-60-52(38-43)50-25-11-16-30-59(50)64-60)42-32-35-57-51(37-42)48-24-10-15-29-56(48)62(57)54-27-13-8-21-45(54)46-22-9-14-28-55(46)62/h1-39H. The van der Waals surface area contributed by atoms with Crippen LogP contribution in [-0.2, 0) is 10.8 Å². The fourth-order valence-corrected chi connectivity index (χ4v) is 13.2. The van der Waals surface area contributed by atoms with Gasteiger partial charge in [0.05, 0.1) is 10.8 Å². The minimum absolute atomic E-state index is 0.401. The predicted molar refractivity (Wildman–Crippen MR) is 268 cm³/mol. The fraction of sp³-hybridized carbons (Fsp3) is 0.0323. The Morgan fingerprint density at radius 3 is 1.31 bits per heavy atom. The molecule has 11 aromatic rings. The van der Waals surface area contributed by atoms with Gasteiger partial charge < -0.3 is 4.90 Å². The number of hydrogen-bond donors (Lipinski definition) is 0. The maximum absolute atomic E-state index is 2.51. The topological polar surface area (TPSA) is 3.24 Å². The van der Waals surface area contributed by atoms with E-state index < -0.39 is 10.8 Å². The molecule has 298 valence electrons. The van der Waals surface area contributed by atoms with Crippen LogP contribution in [0.2, 0.25) is 0 Å². The van der Waals surface area contributed by atoms with Crippen LogP contribution < -0.4 is 4.90 Å². The van der Waals surface area contributed by atoms with E-state index in [1.165, 1.54) is 98.1 Å². The van der Waals surface area contributed by atoms with Gasteiger partial charge in [-0.25, -0.2) is 0 Å². The number of rotatable bonds is 5. The van der Waals surface area contributed by atoms with E-state index in [0.717, 1.165) is 17.1 Å². The Labute approximate surface area is 376 Å². The zero-order valence-electron chi connectivity index (χ0n) is 34.9. The Bertz CT molecular complexity index is 3610. The Kier molecular flexibility index (Phi) is 7.47. The van der Waals surface area contributed by atoms with Gasteiger partial charge in [0.15, 0.2) is 0 Å². The quantitative estimate of drug-likeness (QED) is 0.167. The number of thiophene rings is 1. The molecule has 10 aromatic carbocycles. The molecule has 0 bridgehead atoms. The summed E-state index contributed by atoms with van der Waals surface area (Å²) in [5, 5.41) is 2.58. The number of benzene rings is 10. The smallest absolute Gasteiger partial charge is 0.0725 e. The van der Waals surface area contributed by atoms with Crippen molar-refractivity contribution in [3.05, 3.63) is 281 Å². The second-order valence-corrected chi connectivity index (χ2v) is 18.6. The first kappa shape index (κ1) is 35.8. The molecule has 0 saturated heterocycles. The molecule has 0 unspecified atom stereocenters. The molecular formula is C62H39NS. The second kappa shape index (κ2) is 13.4. The zero-order valence-corrected chi connectivity index (χ0v) is 35.7. The fourth-order valence-electron chi connectivity index (χ4n) is 12.1. The molecule has 0 N–H and O–H groups in total. The van der Waals surface area contributed by atoms with Gasteiger partial charge in [0.1, 0.15) is 0 Å². The highest BCUT2D eigenvalue weighted by Gasteiger charge is 2.52. The molecule has 1 aromatic heterocycles. The summed E-state index contributed by atoms with van der Waals surface area (Å²) in [5.74, 6) is 0. The molecule has 0 fully saturated rings. The van der Waals surface area contributed by atoms with Crippen LogP contribution in [0.5, 0.6) is 0 Å². The Balaban J connectivity index is 1.05. The van der Waals surface area contributed by atoms with Crippen LogP contribution in [0.1, 0.15) is 44.5 Å². The van der Waals surface area contributed by atoms with Crippen LogP contribution in [0.15, 0.2) is 237 Å². The molecule has 0 aliphatic heterocycles. The van der Waals surface area contributed by atoms with E-state index >= 15 is 0 Å². The van der Waals surface area contributed by atoms with Gasteiger partial charge in [-0.2, -0.15) is 0 Å². The van der Waals surface area contributed by atoms with Gasteiger partial charge in [-0.1, -0.05) is 188 Å². The van der Waals surface area contributed by atoms with Crippen LogP contribution in [0, 0.1) is 0 Å². The van der Waals surface area contributed by atoms with Crippen molar-refractivity contribution in [2.24, 2.45) is 0 Å². The third kappa shape index (κ3) is 4.63. The van der Waals surface area contributed by atoms with Crippen molar-refractivity contribution in [3.8, 4) is 33.4 Å². The summed E-state index contributed by atoms with van der Waals surface area (Å²) in [5.41, 5.74) is 20.8. The molecular weight excluding hydrogens is 791 g/mol. The van der Waals surface area contributed by atoms with Crippen LogP contribution in [0.4, 0.5) is 17.1 Å². The average molecular weight is 830 g/mol. The van der Waals surface area contributed by atoms with Crippen LogP contribution >= 0.6 is 11.3 Å². The second-order valence-electron chi connectivity index (χ2n) is 17.5. The monoisotopic (exact) mass is 829 g/mol. The molecule has 1 spiro atoms. The first-order valence-corrected chi connectivity index (χ1v) is 23.1. The molecule has 64 heavy (non-hydrogen) atoms. The normalized spacial score (nSPS) is 14.2. The summed E-state index contributed by atoms with van der Waals surface area (Å²) in [7, 11) is 0. The average Bonchev–Trinajstić information content (AvgIpc) is 4.07. The number of anilines is 3. The summed E-state index contributed by atoms with van der Waals surface area (Å²) in [6.45, 7) is 0. The van der Waals surface area contributed by atoms with Crippen LogP contribution in [-0.4, -0.2) is 0 Å². The molecule has 0 amide bonds. The van der Waals surface area contributed by atoms with Crippen molar-refractivity contribution in [2.75, 3.05) is 4.90 Å². The van der Waals surface area contributed by atoms with Crippen molar-refractivity contribution in [2.45, 2.75) is 10.8 Å². The van der Waals surface area contributed by atoms with Crippen LogP contribution in [0.3, 0.4) is 0 Å². The van der Waals surface area contributed by atoms with Crippen molar-refractivity contribution in [1.82, 2.24) is 0 Å². The number of nitrogens with zero attached hydrogens (tertiary/aromatic N) is 1. The molecule has 3 aliphatic carbocycles. The van der Waals surface area contributed by atoms with Gasteiger partial charge in [0, 0.05) is 37.2 Å². The lowest BCUT2D eigenvalue weighted by Gasteiger charge is -2.35. The Hall–Kier alpha value is -7.78. The maximum Gasteiger partial charge on any atom is 0.0725 e. The Morgan fingerprint density at radius 1 is 0.266 bits per heavy atom. The summed E-state index contributed by atoms with van der Waals surface area (Å²) in [6, 6.07) is 89.0. The lowest BCUT2D eigenvalue weighted by atomic mass is 9.67. The highest BCUT2D eigenvalue weighted by molar-refractivity contribution is 7.25. The van der Waals surface area contributed by atoms with Crippen LogP contribution in [0.25, 0.3) is 53.6 Å². The lowest BCUT2D eigenvalue weighted by Crippen LogP contribution is -2.28. The van der Waals surface area contributed by atoms with Crippen molar-refractivity contribution >= 4 is 48.6 Å². The first-order chi connectivity index (χ1) is 31.7. The Morgan fingerprint density at radius 2 is 0.688 bits per heavy atom. The third-order valence-electron chi connectivity index (χ3n) is 14.6. The summed E-state index contributed by atoms with van der Waals surface area (Å²) >= 11 is 1.87. The number of hydrogen-bond acceptors (Lipinski definition) is 2. The van der Waals surface area contributed by atoms with Gasteiger partial charge in [0.25, 0.3) is 0 Å². The molecule has 0 saturated carbocycles. The molecule has 0 atom stereocenters. The van der Waals surface area contributed by atoms with Gasteiger partial charge in [-0.3, -0.25) is 0 Å². The summed E-state index contributed by atoms with van der Waals surface area (Å²) in [6.07, 6.45) is 0. The van der Waals surface area contributed by atoms with Crippen molar-refractivity contribution in [1.29, 1.82) is 0 Å². The minimum atomic E-state index is -0.518. The van der Waals surface area contributed by atoms with Gasteiger partial charge in [-0.15, -0.1) is 11.3 Å². The van der Waals surface area contributed by atoms with E-state index in [4.69, 9.17) is 0 Å². The molecule has 1 nitrogen and oxygen atoms in total. The first-order valence-electron chi connectivity index (χ1n) is 22.3. The van der Waals surface area contributed by atoms with E-state index in [2.05, 4.69) is 241 Å². The van der Waals surface area contributed by atoms with E-state index in [1.807, 2.05) is 11.3 Å². The summed E-state index contributed by atoms with van der Waals surface area (Å²) in [4.78, 5) is 2.51. The van der Waals surface area contributed by atoms with Crippen molar-refractivity contribution in [3.63, 3.8) is 0 Å². The molecule has 3 aliphatic rings. The van der Waals surface area contributed by atoms with E-state index in [0.29, 0.717) is 0 Å². The van der Waals surface area contributed by atoms with Crippen molar-refractivity contribution < 1.29 is 0 Å². The van der Waals surface area contributed by atoms with Gasteiger partial charge in [0.2, 0.25) is 0 Å².